The molecule has 1 aromatic carbocycles. The minimum Gasteiger partial charge on any atom is -0.444 e. The van der Waals surface area contributed by atoms with E-state index in [-0.39, 0.29) is 0 Å². The van der Waals surface area contributed by atoms with Crippen molar-refractivity contribution in [1.29, 1.82) is 0 Å². The standard InChI is InChI=1S/C16H21N3O/c1-12-3-5-14(6-4-12)16-18-15(11-20-16)10-19-8-7-17-9-13(19)2/h3-6,11,13,17H,7-10H2,1-2H3/t13-/m1/s1. The summed E-state index contributed by atoms with van der Waals surface area (Å²) in [7, 11) is 0. The van der Waals surface area contributed by atoms with Crippen molar-refractivity contribution in [2.24, 2.45) is 0 Å². The molecule has 2 heterocycles. The zero-order chi connectivity index (χ0) is 13.9. The Balaban J connectivity index is 1.71. The van der Waals surface area contributed by atoms with Gasteiger partial charge in [0.1, 0.15) is 6.26 Å². The van der Waals surface area contributed by atoms with Gasteiger partial charge in [-0.15, -0.1) is 0 Å². The SMILES string of the molecule is Cc1ccc(-c2nc(CN3CCNC[C@H]3C)co2)cc1. The highest BCUT2D eigenvalue weighted by Gasteiger charge is 2.19. The number of rotatable bonds is 3. The molecule has 20 heavy (non-hydrogen) atoms. The highest BCUT2D eigenvalue weighted by atomic mass is 16.3. The van der Waals surface area contributed by atoms with Crippen molar-refractivity contribution in [2.45, 2.75) is 26.4 Å². The van der Waals surface area contributed by atoms with Crippen molar-refractivity contribution in [1.82, 2.24) is 15.2 Å². The van der Waals surface area contributed by atoms with E-state index in [1.54, 1.807) is 6.26 Å². The molecular weight excluding hydrogens is 250 g/mol. The average molecular weight is 271 g/mol. The second-order valence-corrected chi connectivity index (χ2v) is 5.53. The third kappa shape index (κ3) is 2.92. The molecule has 0 radical (unpaired) electrons. The molecule has 0 spiro atoms. The lowest BCUT2D eigenvalue weighted by Crippen LogP contribution is -2.49. The predicted octanol–water partition coefficient (Wildman–Crippen LogP) is 2.44. The lowest BCUT2D eigenvalue weighted by molar-refractivity contribution is 0.163. The molecule has 0 aliphatic carbocycles. The first-order chi connectivity index (χ1) is 9.72. The summed E-state index contributed by atoms with van der Waals surface area (Å²) in [5.41, 5.74) is 3.29. The number of hydrogen-bond acceptors (Lipinski definition) is 4. The van der Waals surface area contributed by atoms with Gasteiger partial charge in [0, 0.05) is 37.8 Å². The van der Waals surface area contributed by atoms with E-state index in [1.165, 1.54) is 5.56 Å². The van der Waals surface area contributed by atoms with Crippen LogP contribution in [0.25, 0.3) is 11.5 Å². The average Bonchev–Trinajstić information content (AvgIpc) is 2.91. The fourth-order valence-electron chi connectivity index (χ4n) is 2.53. The number of oxazole rings is 1. The molecule has 0 saturated carbocycles. The fraction of sp³-hybridized carbons (Fsp3) is 0.438. The lowest BCUT2D eigenvalue weighted by atomic mass is 10.1. The molecule has 2 aromatic rings. The van der Waals surface area contributed by atoms with Gasteiger partial charge in [-0.25, -0.2) is 4.98 Å². The van der Waals surface area contributed by atoms with E-state index in [2.05, 4.69) is 53.3 Å². The Morgan fingerprint density at radius 2 is 2.15 bits per heavy atom. The Morgan fingerprint density at radius 1 is 1.35 bits per heavy atom. The minimum atomic E-state index is 0.545. The van der Waals surface area contributed by atoms with E-state index >= 15 is 0 Å². The molecule has 1 fully saturated rings. The molecule has 1 aliphatic rings. The van der Waals surface area contributed by atoms with E-state index in [1.807, 2.05) is 0 Å². The van der Waals surface area contributed by atoms with Crippen LogP contribution in [-0.4, -0.2) is 35.6 Å². The number of aryl methyl sites for hydroxylation is 1. The molecule has 106 valence electrons. The van der Waals surface area contributed by atoms with E-state index in [9.17, 15) is 0 Å². The molecule has 1 N–H and O–H groups in total. The summed E-state index contributed by atoms with van der Waals surface area (Å²) in [6.45, 7) is 8.34. The second-order valence-electron chi connectivity index (χ2n) is 5.53. The van der Waals surface area contributed by atoms with Gasteiger partial charge in [-0.3, -0.25) is 4.90 Å². The van der Waals surface area contributed by atoms with Crippen LogP contribution in [0.2, 0.25) is 0 Å². The summed E-state index contributed by atoms with van der Waals surface area (Å²) in [6, 6.07) is 8.81. The smallest absolute Gasteiger partial charge is 0.226 e. The van der Waals surface area contributed by atoms with Crippen LogP contribution >= 0.6 is 0 Å². The second kappa shape index (κ2) is 5.77. The largest absolute Gasteiger partial charge is 0.444 e. The third-order valence-corrected chi connectivity index (χ3v) is 3.85. The van der Waals surface area contributed by atoms with Gasteiger partial charge in [0.25, 0.3) is 0 Å². The molecule has 1 saturated heterocycles. The number of piperazine rings is 1. The zero-order valence-electron chi connectivity index (χ0n) is 12.1. The van der Waals surface area contributed by atoms with Crippen LogP contribution in [0.5, 0.6) is 0 Å². The molecule has 0 amide bonds. The number of nitrogens with one attached hydrogen (secondary N) is 1. The molecule has 4 nitrogen and oxygen atoms in total. The third-order valence-electron chi connectivity index (χ3n) is 3.85. The summed E-state index contributed by atoms with van der Waals surface area (Å²) < 4.78 is 5.61. The first-order valence-electron chi connectivity index (χ1n) is 7.18. The van der Waals surface area contributed by atoms with Gasteiger partial charge in [-0.1, -0.05) is 17.7 Å². The molecule has 1 atom stereocenters. The maximum atomic E-state index is 5.61. The van der Waals surface area contributed by atoms with E-state index in [4.69, 9.17) is 4.42 Å². The Morgan fingerprint density at radius 3 is 2.90 bits per heavy atom. The molecule has 3 rings (SSSR count). The van der Waals surface area contributed by atoms with Crippen LogP contribution in [0.3, 0.4) is 0 Å². The minimum absolute atomic E-state index is 0.545. The lowest BCUT2D eigenvalue weighted by Gasteiger charge is -2.33. The van der Waals surface area contributed by atoms with Crippen LogP contribution < -0.4 is 5.32 Å². The predicted molar refractivity (Wildman–Crippen MR) is 79.4 cm³/mol. The Bertz CT molecular complexity index is 561. The van der Waals surface area contributed by atoms with E-state index in [0.29, 0.717) is 11.9 Å². The van der Waals surface area contributed by atoms with Gasteiger partial charge in [0.2, 0.25) is 5.89 Å². The van der Waals surface area contributed by atoms with Crippen molar-refractivity contribution in [3.8, 4) is 11.5 Å². The van der Waals surface area contributed by atoms with Crippen LogP contribution in [-0.2, 0) is 6.54 Å². The van der Waals surface area contributed by atoms with Gasteiger partial charge < -0.3 is 9.73 Å². The Hall–Kier alpha value is -1.65. The summed E-state index contributed by atoms with van der Waals surface area (Å²) >= 11 is 0. The molecule has 1 aliphatic heterocycles. The van der Waals surface area contributed by atoms with Gasteiger partial charge >= 0.3 is 0 Å². The number of nitrogens with zero attached hydrogens (tertiary/aromatic N) is 2. The quantitative estimate of drug-likeness (QED) is 0.931. The monoisotopic (exact) mass is 271 g/mol. The maximum Gasteiger partial charge on any atom is 0.226 e. The highest BCUT2D eigenvalue weighted by Crippen LogP contribution is 2.20. The first-order valence-corrected chi connectivity index (χ1v) is 7.18. The van der Waals surface area contributed by atoms with E-state index in [0.717, 1.165) is 37.4 Å². The molecular formula is C16H21N3O. The summed E-state index contributed by atoms with van der Waals surface area (Å²) in [5.74, 6) is 0.711. The molecule has 0 unspecified atom stereocenters. The van der Waals surface area contributed by atoms with Crippen molar-refractivity contribution < 1.29 is 4.42 Å². The topological polar surface area (TPSA) is 41.3 Å². The van der Waals surface area contributed by atoms with Crippen molar-refractivity contribution in [3.05, 3.63) is 41.8 Å². The summed E-state index contributed by atoms with van der Waals surface area (Å²) in [5, 5.41) is 3.40. The highest BCUT2D eigenvalue weighted by molar-refractivity contribution is 5.53. The van der Waals surface area contributed by atoms with Gasteiger partial charge in [-0.05, 0) is 26.0 Å². The van der Waals surface area contributed by atoms with Gasteiger partial charge in [-0.2, -0.15) is 0 Å². The molecule has 0 bridgehead atoms. The molecule has 1 aromatic heterocycles. The number of aromatic nitrogens is 1. The molecule has 4 heteroatoms. The number of benzene rings is 1. The normalized spacial score (nSPS) is 20.2. The first kappa shape index (κ1) is 13.3. The van der Waals surface area contributed by atoms with Gasteiger partial charge in [0.15, 0.2) is 0 Å². The van der Waals surface area contributed by atoms with E-state index < -0.39 is 0 Å². The van der Waals surface area contributed by atoms with Crippen LogP contribution in [0.15, 0.2) is 34.9 Å². The van der Waals surface area contributed by atoms with Crippen molar-refractivity contribution in [2.75, 3.05) is 19.6 Å². The van der Waals surface area contributed by atoms with Crippen molar-refractivity contribution in [3.63, 3.8) is 0 Å². The van der Waals surface area contributed by atoms with Gasteiger partial charge in [0.05, 0.1) is 5.69 Å². The van der Waals surface area contributed by atoms with Crippen molar-refractivity contribution >= 4 is 0 Å². The number of hydrogen-bond donors (Lipinski definition) is 1. The fourth-order valence-corrected chi connectivity index (χ4v) is 2.53. The van der Waals surface area contributed by atoms with Crippen LogP contribution in [0, 0.1) is 6.92 Å². The maximum absolute atomic E-state index is 5.61. The zero-order valence-corrected chi connectivity index (χ0v) is 12.1. The van der Waals surface area contributed by atoms with Crippen LogP contribution in [0.4, 0.5) is 0 Å². The van der Waals surface area contributed by atoms with Crippen LogP contribution in [0.1, 0.15) is 18.2 Å². The Labute approximate surface area is 119 Å². The summed E-state index contributed by atoms with van der Waals surface area (Å²) in [6.07, 6.45) is 1.78. The Kier molecular flexibility index (Phi) is 3.85. The summed E-state index contributed by atoms with van der Waals surface area (Å²) in [4.78, 5) is 7.05.